The number of hydrogen-bond acceptors (Lipinski definition) is 5. The van der Waals surface area contributed by atoms with Gasteiger partial charge in [0.1, 0.15) is 0 Å². The molecule has 0 aromatic heterocycles. The van der Waals surface area contributed by atoms with Crippen LogP contribution in [0.4, 0.5) is 0 Å². The predicted octanol–water partition coefficient (Wildman–Crippen LogP) is 5.36. The van der Waals surface area contributed by atoms with Gasteiger partial charge in [0.25, 0.3) is 0 Å². The molecule has 0 radical (unpaired) electrons. The zero-order chi connectivity index (χ0) is 25.8. The van der Waals surface area contributed by atoms with E-state index in [0.717, 1.165) is 81.2 Å². The van der Waals surface area contributed by atoms with Gasteiger partial charge in [-0.05, 0) is 150 Å². The van der Waals surface area contributed by atoms with Crippen molar-refractivity contribution in [3.8, 4) is 0 Å². The van der Waals surface area contributed by atoms with Crippen molar-refractivity contribution in [2.24, 2.45) is 57.8 Å². The normalized spacial score (nSPS) is 43.0. The van der Waals surface area contributed by atoms with Crippen molar-refractivity contribution >= 4 is 0 Å². The molecule has 0 bridgehead atoms. The lowest BCUT2D eigenvalue weighted by molar-refractivity contribution is -0.192. The van der Waals surface area contributed by atoms with Crippen LogP contribution in [0.2, 0.25) is 0 Å². The van der Waals surface area contributed by atoms with E-state index in [-0.39, 0.29) is 0 Å². The summed E-state index contributed by atoms with van der Waals surface area (Å²) in [6, 6.07) is 0. The lowest BCUT2D eigenvalue weighted by Crippen LogP contribution is -2.59. The average molecular weight is 506 g/mol. The minimum absolute atomic E-state index is 0.320. The van der Waals surface area contributed by atoms with Gasteiger partial charge in [0.15, 0.2) is 0 Å². The van der Waals surface area contributed by atoms with Gasteiger partial charge in [0.2, 0.25) is 0 Å². The standard InChI is InChI=1S/C31H59N3O2/c1-22(8-5-17-34-4)26-11-12-27-25-10-9-23-20-24(35-18-6-15-32)13-14-30(23,2)28(25)21-29(31(26,27)3)36-19-7-16-33/h22-29,34H,5-21,32-33H2,1-4H3/t22?,23?,24-,25?,26?,27?,28?,29+,30?,31?/m1/s1. The molecule has 36 heavy (non-hydrogen) atoms. The van der Waals surface area contributed by atoms with E-state index in [4.69, 9.17) is 20.9 Å². The predicted molar refractivity (Wildman–Crippen MR) is 150 cm³/mol. The van der Waals surface area contributed by atoms with Crippen molar-refractivity contribution in [3.63, 3.8) is 0 Å². The molecule has 0 saturated heterocycles. The highest BCUT2D eigenvalue weighted by molar-refractivity contribution is 5.13. The Hall–Kier alpha value is -0.200. The molecule has 0 aromatic rings. The Labute approximate surface area is 222 Å². The van der Waals surface area contributed by atoms with E-state index in [2.05, 4.69) is 33.1 Å². The number of ether oxygens (including phenoxy) is 2. The van der Waals surface area contributed by atoms with E-state index in [0.29, 0.717) is 23.0 Å². The van der Waals surface area contributed by atoms with Crippen LogP contribution in [0.1, 0.15) is 97.8 Å². The maximum absolute atomic E-state index is 6.88. The summed E-state index contributed by atoms with van der Waals surface area (Å²) in [5.74, 6) is 4.89. The molecule has 0 spiro atoms. The molecule has 0 aromatic carbocycles. The Morgan fingerprint density at radius 1 is 0.889 bits per heavy atom. The Balaban J connectivity index is 1.52. The summed E-state index contributed by atoms with van der Waals surface area (Å²) in [5.41, 5.74) is 12.4. The van der Waals surface area contributed by atoms with Gasteiger partial charge in [-0.25, -0.2) is 0 Å². The molecular formula is C31H59N3O2. The summed E-state index contributed by atoms with van der Waals surface area (Å²) in [7, 11) is 2.08. The molecular weight excluding hydrogens is 446 g/mol. The monoisotopic (exact) mass is 505 g/mol. The minimum atomic E-state index is 0.320. The van der Waals surface area contributed by atoms with Crippen LogP contribution in [0.15, 0.2) is 0 Å². The van der Waals surface area contributed by atoms with Crippen molar-refractivity contribution in [2.75, 3.05) is 39.9 Å². The fourth-order valence-electron chi connectivity index (χ4n) is 9.96. The van der Waals surface area contributed by atoms with E-state index in [1.807, 2.05) is 0 Å². The first-order valence-electron chi connectivity index (χ1n) is 15.7. The van der Waals surface area contributed by atoms with Crippen LogP contribution in [0.25, 0.3) is 0 Å². The fraction of sp³-hybridized carbons (Fsp3) is 1.00. The van der Waals surface area contributed by atoms with Gasteiger partial charge in [0.05, 0.1) is 12.2 Å². The van der Waals surface area contributed by atoms with Crippen molar-refractivity contribution < 1.29 is 9.47 Å². The van der Waals surface area contributed by atoms with Crippen molar-refractivity contribution in [1.82, 2.24) is 5.32 Å². The van der Waals surface area contributed by atoms with Crippen molar-refractivity contribution in [2.45, 2.75) is 110 Å². The number of hydrogen-bond donors (Lipinski definition) is 3. The lowest BCUT2D eigenvalue weighted by Gasteiger charge is -2.63. The minimum Gasteiger partial charge on any atom is -0.378 e. The molecule has 0 amide bonds. The first kappa shape index (κ1) is 28.8. The highest BCUT2D eigenvalue weighted by Crippen LogP contribution is 2.69. The largest absolute Gasteiger partial charge is 0.378 e. The topological polar surface area (TPSA) is 82.5 Å². The third-order valence-corrected chi connectivity index (χ3v) is 11.9. The smallest absolute Gasteiger partial charge is 0.0637 e. The van der Waals surface area contributed by atoms with Gasteiger partial charge in [0, 0.05) is 13.2 Å². The molecule has 8 unspecified atom stereocenters. The van der Waals surface area contributed by atoms with Gasteiger partial charge in [-0.1, -0.05) is 20.8 Å². The van der Waals surface area contributed by atoms with Gasteiger partial charge in [-0.3, -0.25) is 0 Å². The lowest BCUT2D eigenvalue weighted by atomic mass is 9.43. The average Bonchev–Trinajstić information content (AvgIpc) is 3.23. The van der Waals surface area contributed by atoms with Crippen LogP contribution >= 0.6 is 0 Å². The Morgan fingerprint density at radius 2 is 1.64 bits per heavy atom. The second-order valence-corrected chi connectivity index (χ2v) is 13.6. The van der Waals surface area contributed by atoms with E-state index in [9.17, 15) is 0 Å². The fourth-order valence-corrected chi connectivity index (χ4v) is 9.96. The Kier molecular flexibility index (Phi) is 10.2. The zero-order valence-electron chi connectivity index (χ0n) is 24.1. The van der Waals surface area contributed by atoms with E-state index >= 15 is 0 Å². The highest BCUT2D eigenvalue weighted by Gasteiger charge is 2.64. The summed E-state index contributed by atoms with van der Waals surface area (Å²) < 4.78 is 13.2. The summed E-state index contributed by atoms with van der Waals surface area (Å²) >= 11 is 0. The molecule has 4 rings (SSSR count). The summed E-state index contributed by atoms with van der Waals surface area (Å²) in [6.45, 7) is 12.1. The summed E-state index contributed by atoms with van der Waals surface area (Å²) in [4.78, 5) is 0. The third-order valence-electron chi connectivity index (χ3n) is 11.9. The van der Waals surface area contributed by atoms with Gasteiger partial charge >= 0.3 is 0 Å². The number of rotatable bonds is 13. The number of nitrogens with two attached hydrogens (primary N) is 2. The molecule has 0 aliphatic heterocycles. The molecule has 5 heteroatoms. The molecule has 5 N–H and O–H groups in total. The summed E-state index contributed by atoms with van der Waals surface area (Å²) in [6.07, 6.45) is 16.2. The Bertz CT molecular complexity index is 676. The highest BCUT2D eigenvalue weighted by atomic mass is 16.5. The quantitative estimate of drug-likeness (QED) is 0.294. The first-order chi connectivity index (χ1) is 17.4. The molecule has 10 atom stereocenters. The molecule has 4 saturated carbocycles. The zero-order valence-corrected chi connectivity index (χ0v) is 24.1. The van der Waals surface area contributed by atoms with E-state index < -0.39 is 0 Å². The van der Waals surface area contributed by atoms with E-state index in [1.165, 1.54) is 64.2 Å². The SMILES string of the molecule is CNCCCC(C)C1CCC2C3CCC4C[C@H](OCCCN)CCC4(C)C3C[C@H](OCCCN)C12C. The van der Waals surface area contributed by atoms with Crippen LogP contribution in [0, 0.1) is 46.3 Å². The molecule has 4 aliphatic carbocycles. The second kappa shape index (κ2) is 12.8. The van der Waals surface area contributed by atoms with E-state index in [1.54, 1.807) is 0 Å². The van der Waals surface area contributed by atoms with Gasteiger partial charge in [-0.2, -0.15) is 0 Å². The van der Waals surface area contributed by atoms with Crippen LogP contribution in [-0.4, -0.2) is 52.1 Å². The van der Waals surface area contributed by atoms with Crippen LogP contribution in [0.3, 0.4) is 0 Å². The summed E-state index contributed by atoms with van der Waals surface area (Å²) in [5, 5.41) is 3.36. The van der Waals surface area contributed by atoms with Crippen LogP contribution in [0.5, 0.6) is 0 Å². The molecule has 5 nitrogen and oxygen atoms in total. The third kappa shape index (κ3) is 5.57. The Morgan fingerprint density at radius 3 is 2.36 bits per heavy atom. The van der Waals surface area contributed by atoms with Gasteiger partial charge < -0.3 is 26.3 Å². The molecule has 210 valence electrons. The maximum Gasteiger partial charge on any atom is 0.0637 e. The van der Waals surface area contributed by atoms with Crippen LogP contribution < -0.4 is 16.8 Å². The number of fused-ring (bicyclic) bond motifs is 5. The van der Waals surface area contributed by atoms with Gasteiger partial charge in [-0.15, -0.1) is 0 Å². The van der Waals surface area contributed by atoms with Crippen LogP contribution in [-0.2, 0) is 9.47 Å². The second-order valence-electron chi connectivity index (χ2n) is 13.6. The molecule has 0 heterocycles. The molecule has 4 fully saturated rings. The number of nitrogens with one attached hydrogen (secondary N) is 1. The first-order valence-corrected chi connectivity index (χ1v) is 15.7. The van der Waals surface area contributed by atoms with Crippen molar-refractivity contribution in [1.29, 1.82) is 0 Å². The molecule has 4 aliphatic rings. The van der Waals surface area contributed by atoms with Crippen molar-refractivity contribution in [3.05, 3.63) is 0 Å². The maximum atomic E-state index is 6.88.